The summed E-state index contributed by atoms with van der Waals surface area (Å²) >= 11 is 0. The van der Waals surface area contributed by atoms with Crippen LogP contribution in [0.2, 0.25) is 0 Å². The Morgan fingerprint density at radius 3 is 2.70 bits per heavy atom. The molecule has 122 valence electrons. The Morgan fingerprint density at radius 1 is 1.39 bits per heavy atom. The molecule has 0 radical (unpaired) electrons. The number of carbonyl (C=O) groups is 2. The zero-order valence-corrected chi connectivity index (χ0v) is 13.6. The van der Waals surface area contributed by atoms with E-state index >= 15 is 0 Å². The van der Waals surface area contributed by atoms with Crippen LogP contribution in [-0.2, 0) is 9.59 Å². The second-order valence-corrected chi connectivity index (χ2v) is 5.45. The highest BCUT2D eigenvalue weighted by molar-refractivity contribution is 6.34. The van der Waals surface area contributed by atoms with Crippen LogP contribution in [0.25, 0.3) is 5.82 Å². The predicted molar refractivity (Wildman–Crippen MR) is 86.3 cm³/mol. The monoisotopic (exact) mass is 316 g/mol. The molecule has 0 saturated heterocycles. The highest BCUT2D eigenvalue weighted by Crippen LogP contribution is 2.21. The van der Waals surface area contributed by atoms with Gasteiger partial charge in [0.1, 0.15) is 5.82 Å². The Kier molecular flexibility index (Phi) is 4.63. The van der Waals surface area contributed by atoms with Crippen molar-refractivity contribution in [3.63, 3.8) is 0 Å². The van der Waals surface area contributed by atoms with Crippen molar-refractivity contribution in [3.8, 4) is 5.82 Å². The van der Waals surface area contributed by atoms with E-state index in [-0.39, 0.29) is 6.04 Å². The van der Waals surface area contributed by atoms with Gasteiger partial charge in [-0.1, -0.05) is 0 Å². The average molecular weight is 316 g/mol. The Morgan fingerprint density at radius 2 is 2.09 bits per heavy atom. The number of primary amides is 1. The molecule has 0 atom stereocenters. The average Bonchev–Trinajstić information content (AvgIpc) is 3.04. The van der Waals surface area contributed by atoms with Gasteiger partial charge in [0.2, 0.25) is 0 Å². The van der Waals surface area contributed by atoms with Gasteiger partial charge in [0.25, 0.3) is 0 Å². The molecule has 0 aliphatic carbocycles. The van der Waals surface area contributed by atoms with Crippen molar-refractivity contribution in [1.29, 1.82) is 0 Å². The highest BCUT2D eigenvalue weighted by Gasteiger charge is 2.14. The molecule has 0 fully saturated rings. The molecular weight excluding hydrogens is 296 g/mol. The maximum atomic E-state index is 11.1. The molecular formula is C15H20N6O2. The smallest absolute Gasteiger partial charge is 0.329 e. The van der Waals surface area contributed by atoms with Gasteiger partial charge in [0.05, 0.1) is 12.4 Å². The van der Waals surface area contributed by atoms with E-state index in [1.807, 2.05) is 30.7 Å². The SMILES string of the molecule is Cc1cc(/C=N\NC(=O)C(N)=O)c(C)n1-c1ccnn1C(C)C. The minimum Gasteiger partial charge on any atom is -0.361 e. The molecule has 2 aromatic heterocycles. The topological polar surface area (TPSA) is 107 Å². The lowest BCUT2D eigenvalue weighted by molar-refractivity contribution is -0.137. The van der Waals surface area contributed by atoms with E-state index in [4.69, 9.17) is 5.73 Å². The van der Waals surface area contributed by atoms with Gasteiger partial charge in [0, 0.05) is 29.1 Å². The molecule has 3 N–H and O–H groups in total. The molecule has 0 saturated carbocycles. The van der Waals surface area contributed by atoms with Crippen LogP contribution in [0.5, 0.6) is 0 Å². The minimum atomic E-state index is -1.08. The third-order valence-corrected chi connectivity index (χ3v) is 3.43. The summed E-state index contributed by atoms with van der Waals surface area (Å²) in [4.78, 5) is 21.7. The summed E-state index contributed by atoms with van der Waals surface area (Å²) in [5.74, 6) is -1.07. The van der Waals surface area contributed by atoms with Gasteiger partial charge in [-0.15, -0.1) is 0 Å². The van der Waals surface area contributed by atoms with Gasteiger partial charge >= 0.3 is 11.8 Å². The number of hydrazone groups is 1. The second-order valence-electron chi connectivity index (χ2n) is 5.45. The number of nitrogens with one attached hydrogen (secondary N) is 1. The number of hydrogen-bond donors (Lipinski definition) is 2. The van der Waals surface area contributed by atoms with Gasteiger partial charge < -0.3 is 10.3 Å². The standard InChI is InChI=1S/C15H20N6O2/c1-9(2)21-13(5-6-18-21)20-10(3)7-12(11(20)4)8-17-19-15(23)14(16)22/h5-9H,1-4H3,(H2,16,22)(H,19,23)/b17-8-. The lowest BCUT2D eigenvalue weighted by atomic mass is 10.3. The second kappa shape index (κ2) is 6.47. The van der Waals surface area contributed by atoms with E-state index in [0.29, 0.717) is 0 Å². The van der Waals surface area contributed by atoms with Crippen LogP contribution < -0.4 is 11.2 Å². The number of nitrogens with two attached hydrogens (primary N) is 1. The number of amides is 2. The summed E-state index contributed by atoms with van der Waals surface area (Å²) in [7, 11) is 0. The third-order valence-electron chi connectivity index (χ3n) is 3.43. The van der Waals surface area contributed by atoms with Crippen LogP contribution in [0.1, 0.15) is 36.8 Å². The van der Waals surface area contributed by atoms with Crippen LogP contribution >= 0.6 is 0 Å². The fourth-order valence-corrected chi connectivity index (χ4v) is 2.37. The summed E-state index contributed by atoms with van der Waals surface area (Å²) < 4.78 is 3.99. The molecule has 23 heavy (non-hydrogen) atoms. The van der Waals surface area contributed by atoms with E-state index in [2.05, 4.69) is 34.0 Å². The van der Waals surface area contributed by atoms with Crippen molar-refractivity contribution < 1.29 is 9.59 Å². The van der Waals surface area contributed by atoms with Crippen LogP contribution in [0.3, 0.4) is 0 Å². The van der Waals surface area contributed by atoms with Gasteiger partial charge in [-0.3, -0.25) is 9.59 Å². The number of aryl methyl sites for hydroxylation is 1. The molecule has 2 amide bonds. The molecule has 8 heteroatoms. The number of carbonyl (C=O) groups excluding carboxylic acids is 2. The lowest BCUT2D eigenvalue weighted by Gasteiger charge is -2.14. The Bertz CT molecular complexity index is 769. The predicted octanol–water partition coefficient (Wildman–Crippen LogP) is 0.807. The summed E-state index contributed by atoms with van der Waals surface area (Å²) in [5.41, 5.74) is 9.70. The van der Waals surface area contributed by atoms with E-state index in [0.717, 1.165) is 22.8 Å². The normalized spacial score (nSPS) is 11.3. The molecule has 2 rings (SSSR count). The molecule has 0 spiro atoms. The van der Waals surface area contributed by atoms with Gasteiger partial charge in [0.15, 0.2) is 0 Å². The highest BCUT2D eigenvalue weighted by atomic mass is 16.2. The zero-order valence-electron chi connectivity index (χ0n) is 13.6. The summed E-state index contributed by atoms with van der Waals surface area (Å²) in [6.45, 7) is 8.05. The fraction of sp³-hybridized carbons (Fsp3) is 0.333. The van der Waals surface area contributed by atoms with Crippen molar-refractivity contribution in [3.05, 3.63) is 35.3 Å². The molecule has 2 heterocycles. The number of nitrogens with zero attached hydrogens (tertiary/aromatic N) is 4. The first-order valence-corrected chi connectivity index (χ1v) is 7.18. The maximum Gasteiger partial charge on any atom is 0.329 e. The first kappa shape index (κ1) is 16.5. The summed E-state index contributed by atoms with van der Waals surface area (Å²) in [6, 6.07) is 4.11. The van der Waals surface area contributed by atoms with E-state index < -0.39 is 11.8 Å². The quantitative estimate of drug-likeness (QED) is 0.495. The first-order valence-electron chi connectivity index (χ1n) is 7.18. The Hall–Kier alpha value is -2.90. The van der Waals surface area contributed by atoms with Crippen molar-refractivity contribution in [2.75, 3.05) is 0 Å². The maximum absolute atomic E-state index is 11.1. The number of rotatable bonds is 4. The molecule has 2 aromatic rings. The van der Waals surface area contributed by atoms with E-state index in [1.165, 1.54) is 6.21 Å². The molecule has 0 unspecified atom stereocenters. The molecule has 0 aromatic carbocycles. The van der Waals surface area contributed by atoms with Crippen molar-refractivity contribution in [2.24, 2.45) is 10.8 Å². The van der Waals surface area contributed by atoms with Gasteiger partial charge in [-0.05, 0) is 33.8 Å². The van der Waals surface area contributed by atoms with Gasteiger partial charge in [-0.25, -0.2) is 10.1 Å². The fourth-order valence-electron chi connectivity index (χ4n) is 2.37. The Balaban J connectivity index is 2.33. The number of hydrogen-bond acceptors (Lipinski definition) is 4. The zero-order chi connectivity index (χ0) is 17.1. The molecule has 0 aliphatic heterocycles. The van der Waals surface area contributed by atoms with Crippen LogP contribution in [0, 0.1) is 13.8 Å². The van der Waals surface area contributed by atoms with Gasteiger partial charge in [-0.2, -0.15) is 10.2 Å². The summed E-state index contributed by atoms with van der Waals surface area (Å²) in [5, 5.41) is 8.10. The van der Waals surface area contributed by atoms with Crippen molar-refractivity contribution in [2.45, 2.75) is 33.7 Å². The lowest BCUT2D eigenvalue weighted by Crippen LogP contribution is -2.32. The molecule has 0 aliphatic rings. The van der Waals surface area contributed by atoms with Crippen LogP contribution in [-0.4, -0.2) is 32.4 Å². The van der Waals surface area contributed by atoms with Crippen molar-refractivity contribution in [1.82, 2.24) is 19.8 Å². The Labute approximate surface area is 134 Å². The van der Waals surface area contributed by atoms with Crippen molar-refractivity contribution >= 4 is 18.0 Å². The largest absolute Gasteiger partial charge is 0.361 e. The third kappa shape index (κ3) is 3.31. The first-order chi connectivity index (χ1) is 10.8. The minimum absolute atomic E-state index is 0.230. The van der Waals surface area contributed by atoms with Crippen LogP contribution in [0.4, 0.5) is 0 Å². The molecule has 0 bridgehead atoms. The molecule has 8 nitrogen and oxygen atoms in total. The van der Waals surface area contributed by atoms with Crippen LogP contribution in [0.15, 0.2) is 23.4 Å². The number of aromatic nitrogens is 3. The van der Waals surface area contributed by atoms with E-state index in [9.17, 15) is 9.59 Å². The van der Waals surface area contributed by atoms with E-state index in [1.54, 1.807) is 6.20 Å². The summed E-state index contributed by atoms with van der Waals surface area (Å²) in [6.07, 6.45) is 3.24.